The summed E-state index contributed by atoms with van der Waals surface area (Å²) in [4.78, 5) is 0. The molecule has 3 nitrogen and oxygen atoms in total. The van der Waals surface area contributed by atoms with Crippen molar-refractivity contribution >= 4 is 0 Å². The maximum Gasteiger partial charge on any atom is 0.0624 e. The summed E-state index contributed by atoms with van der Waals surface area (Å²) in [7, 11) is 2.06. The van der Waals surface area contributed by atoms with E-state index in [0.29, 0.717) is 0 Å². The Hall–Kier alpha value is -0.830. The molecule has 0 saturated carbocycles. The Balaban J connectivity index is 2.51. The van der Waals surface area contributed by atoms with Crippen LogP contribution in [0.3, 0.4) is 0 Å². The van der Waals surface area contributed by atoms with E-state index in [0.717, 1.165) is 31.8 Å². The van der Waals surface area contributed by atoms with Gasteiger partial charge >= 0.3 is 0 Å². The van der Waals surface area contributed by atoms with Gasteiger partial charge in [0, 0.05) is 12.7 Å². The highest BCUT2D eigenvalue weighted by Crippen LogP contribution is 2.13. The lowest BCUT2D eigenvalue weighted by molar-refractivity contribution is 0.448. The molecule has 0 fully saturated rings. The summed E-state index contributed by atoms with van der Waals surface area (Å²) in [5.41, 5.74) is 2.57. The Morgan fingerprint density at radius 3 is 2.65 bits per heavy atom. The second kappa shape index (κ2) is 7.49. The predicted molar refractivity (Wildman–Crippen MR) is 73.2 cm³/mol. The third kappa shape index (κ3) is 4.50. The summed E-state index contributed by atoms with van der Waals surface area (Å²) >= 11 is 0. The van der Waals surface area contributed by atoms with Crippen LogP contribution in [0.1, 0.15) is 45.0 Å². The van der Waals surface area contributed by atoms with Crippen LogP contribution in [0.15, 0.2) is 6.07 Å². The zero-order valence-corrected chi connectivity index (χ0v) is 11.8. The zero-order chi connectivity index (χ0) is 12.7. The molecular formula is C14H27N3. The predicted octanol–water partition coefficient (Wildman–Crippen LogP) is 2.55. The fourth-order valence-corrected chi connectivity index (χ4v) is 2.07. The lowest BCUT2D eigenvalue weighted by Gasteiger charge is -2.15. The Labute approximate surface area is 106 Å². The van der Waals surface area contributed by atoms with E-state index in [1.165, 1.54) is 24.2 Å². The van der Waals surface area contributed by atoms with Crippen LogP contribution in [0.5, 0.6) is 0 Å². The van der Waals surface area contributed by atoms with Gasteiger partial charge in [0.2, 0.25) is 0 Å². The first kappa shape index (κ1) is 14.2. The topological polar surface area (TPSA) is 29.9 Å². The fourth-order valence-electron chi connectivity index (χ4n) is 2.07. The smallest absolute Gasteiger partial charge is 0.0624 e. The monoisotopic (exact) mass is 237 g/mol. The van der Waals surface area contributed by atoms with Gasteiger partial charge < -0.3 is 5.32 Å². The number of aromatic nitrogens is 2. The zero-order valence-electron chi connectivity index (χ0n) is 11.8. The van der Waals surface area contributed by atoms with Gasteiger partial charge in [-0.25, -0.2) is 0 Å². The van der Waals surface area contributed by atoms with Gasteiger partial charge in [-0.1, -0.05) is 27.2 Å². The molecule has 1 atom stereocenters. The Morgan fingerprint density at radius 2 is 2.12 bits per heavy atom. The van der Waals surface area contributed by atoms with Crippen LogP contribution in [0.2, 0.25) is 0 Å². The van der Waals surface area contributed by atoms with Crippen LogP contribution in [0, 0.1) is 5.92 Å². The van der Waals surface area contributed by atoms with Crippen LogP contribution in [-0.4, -0.2) is 22.9 Å². The Kier molecular flexibility index (Phi) is 6.27. The molecular weight excluding hydrogens is 210 g/mol. The minimum atomic E-state index is 0.724. The van der Waals surface area contributed by atoms with E-state index in [9.17, 15) is 0 Å². The highest BCUT2D eigenvalue weighted by atomic mass is 15.3. The summed E-state index contributed by atoms with van der Waals surface area (Å²) in [6, 6.07) is 2.25. The molecule has 0 saturated heterocycles. The second-order valence-corrected chi connectivity index (χ2v) is 4.79. The minimum Gasteiger partial charge on any atom is -0.316 e. The van der Waals surface area contributed by atoms with Crippen molar-refractivity contribution in [1.82, 2.24) is 15.1 Å². The summed E-state index contributed by atoms with van der Waals surface area (Å²) in [6.07, 6.45) is 4.60. The molecule has 1 aromatic rings. The van der Waals surface area contributed by atoms with Gasteiger partial charge in [0.05, 0.1) is 5.69 Å². The quantitative estimate of drug-likeness (QED) is 0.704. The van der Waals surface area contributed by atoms with Crippen LogP contribution >= 0.6 is 0 Å². The molecule has 1 rings (SSSR count). The number of nitrogens with one attached hydrogen (secondary N) is 1. The van der Waals surface area contributed by atoms with Crippen molar-refractivity contribution in [3.8, 4) is 0 Å². The average molecular weight is 237 g/mol. The van der Waals surface area contributed by atoms with Gasteiger partial charge in [-0.05, 0) is 44.3 Å². The van der Waals surface area contributed by atoms with Crippen molar-refractivity contribution in [2.24, 2.45) is 13.0 Å². The van der Waals surface area contributed by atoms with E-state index in [-0.39, 0.29) is 0 Å². The molecule has 0 aromatic carbocycles. The molecule has 1 aromatic heterocycles. The largest absolute Gasteiger partial charge is 0.316 e. The standard InChI is InChI=1S/C14H27N3/c1-5-8-15-11-12(6-2)9-14-10-13(7-3)16-17(14)4/h10,12,15H,5-9,11H2,1-4H3. The highest BCUT2D eigenvalue weighted by molar-refractivity contribution is 5.10. The van der Waals surface area contributed by atoms with Gasteiger partial charge in [-0.2, -0.15) is 5.10 Å². The third-order valence-corrected chi connectivity index (χ3v) is 3.32. The van der Waals surface area contributed by atoms with E-state index in [4.69, 9.17) is 0 Å². The van der Waals surface area contributed by atoms with Crippen LogP contribution in [0.4, 0.5) is 0 Å². The fraction of sp³-hybridized carbons (Fsp3) is 0.786. The van der Waals surface area contributed by atoms with E-state index in [2.05, 4.69) is 44.3 Å². The number of hydrogen-bond donors (Lipinski definition) is 1. The van der Waals surface area contributed by atoms with Crippen LogP contribution in [-0.2, 0) is 19.9 Å². The van der Waals surface area contributed by atoms with Gasteiger partial charge in [-0.3, -0.25) is 4.68 Å². The molecule has 17 heavy (non-hydrogen) atoms. The Bertz CT molecular complexity index is 317. The molecule has 0 aliphatic rings. The molecule has 98 valence electrons. The number of aryl methyl sites for hydroxylation is 2. The molecule has 0 aliphatic carbocycles. The van der Waals surface area contributed by atoms with E-state index < -0.39 is 0 Å². The lowest BCUT2D eigenvalue weighted by Crippen LogP contribution is -2.25. The first-order chi connectivity index (χ1) is 8.21. The van der Waals surface area contributed by atoms with Crippen molar-refractivity contribution in [3.05, 3.63) is 17.5 Å². The molecule has 1 unspecified atom stereocenters. The number of rotatable bonds is 8. The third-order valence-electron chi connectivity index (χ3n) is 3.32. The summed E-state index contributed by atoms with van der Waals surface area (Å²) in [5, 5.41) is 8.03. The van der Waals surface area contributed by atoms with E-state index in [1.807, 2.05) is 4.68 Å². The lowest BCUT2D eigenvalue weighted by atomic mass is 10.00. The van der Waals surface area contributed by atoms with Crippen molar-refractivity contribution < 1.29 is 0 Å². The van der Waals surface area contributed by atoms with Gasteiger partial charge in [0.25, 0.3) is 0 Å². The normalized spacial score (nSPS) is 12.9. The molecule has 0 aliphatic heterocycles. The minimum absolute atomic E-state index is 0.724. The van der Waals surface area contributed by atoms with Gasteiger partial charge in [-0.15, -0.1) is 0 Å². The maximum atomic E-state index is 4.51. The van der Waals surface area contributed by atoms with E-state index >= 15 is 0 Å². The summed E-state index contributed by atoms with van der Waals surface area (Å²) in [6.45, 7) is 8.89. The van der Waals surface area contributed by atoms with Crippen molar-refractivity contribution in [1.29, 1.82) is 0 Å². The molecule has 0 spiro atoms. The van der Waals surface area contributed by atoms with Crippen molar-refractivity contribution in [2.75, 3.05) is 13.1 Å². The second-order valence-electron chi connectivity index (χ2n) is 4.79. The van der Waals surface area contributed by atoms with Crippen LogP contribution in [0.25, 0.3) is 0 Å². The summed E-state index contributed by atoms with van der Waals surface area (Å²) in [5.74, 6) is 0.724. The van der Waals surface area contributed by atoms with Crippen molar-refractivity contribution in [2.45, 2.75) is 46.5 Å². The first-order valence-corrected chi connectivity index (χ1v) is 6.93. The maximum absolute atomic E-state index is 4.51. The highest BCUT2D eigenvalue weighted by Gasteiger charge is 2.11. The van der Waals surface area contributed by atoms with E-state index in [1.54, 1.807) is 0 Å². The molecule has 0 radical (unpaired) electrons. The molecule has 0 amide bonds. The van der Waals surface area contributed by atoms with Crippen LogP contribution < -0.4 is 5.32 Å². The van der Waals surface area contributed by atoms with Gasteiger partial charge in [0.15, 0.2) is 0 Å². The van der Waals surface area contributed by atoms with Crippen molar-refractivity contribution in [3.63, 3.8) is 0 Å². The molecule has 1 N–H and O–H groups in total. The number of hydrogen-bond acceptors (Lipinski definition) is 2. The Morgan fingerprint density at radius 1 is 1.35 bits per heavy atom. The first-order valence-electron chi connectivity index (χ1n) is 6.93. The molecule has 3 heteroatoms. The molecule has 1 heterocycles. The average Bonchev–Trinajstić information content (AvgIpc) is 2.69. The summed E-state index contributed by atoms with van der Waals surface area (Å²) < 4.78 is 2.04. The number of nitrogens with zero attached hydrogens (tertiary/aromatic N) is 2. The molecule has 0 bridgehead atoms. The van der Waals surface area contributed by atoms with Gasteiger partial charge in [0.1, 0.15) is 0 Å². The SMILES string of the molecule is CCCNCC(CC)Cc1cc(CC)nn1C.